The third kappa shape index (κ3) is 8.23. The van der Waals surface area contributed by atoms with Crippen LogP contribution in [0.5, 0.6) is 5.75 Å². The van der Waals surface area contributed by atoms with Crippen molar-refractivity contribution in [3.05, 3.63) is 77.4 Å². The van der Waals surface area contributed by atoms with Crippen LogP contribution in [0.3, 0.4) is 0 Å². The number of ether oxygens (including phenoxy) is 1. The molecule has 0 saturated heterocycles. The fourth-order valence-electron chi connectivity index (χ4n) is 2.87. The van der Waals surface area contributed by atoms with E-state index in [0.29, 0.717) is 12.2 Å². The lowest BCUT2D eigenvalue weighted by atomic mass is 10.0. The minimum absolute atomic E-state index is 0.254. The lowest BCUT2D eigenvalue weighted by Gasteiger charge is -2.14. The lowest BCUT2D eigenvalue weighted by molar-refractivity contribution is -0.134. The van der Waals surface area contributed by atoms with Crippen LogP contribution >= 0.6 is 0 Å². The number of aliphatic carboxylic acids is 2. The molecule has 3 rings (SSSR count). The Balaban J connectivity index is 0.000000390. The second-order valence-electron chi connectivity index (χ2n) is 7.26. The number of hydrazine groups is 1. The number of nitrogens with zero attached hydrogens (tertiary/aromatic N) is 2. The summed E-state index contributed by atoms with van der Waals surface area (Å²) in [6, 6.07) is 16.9. The van der Waals surface area contributed by atoms with Gasteiger partial charge >= 0.3 is 11.9 Å². The molecule has 1 heterocycles. The largest absolute Gasteiger partial charge is 0.491 e. The highest BCUT2D eigenvalue weighted by Crippen LogP contribution is 2.18. The van der Waals surface area contributed by atoms with Gasteiger partial charge in [0.1, 0.15) is 11.6 Å². The lowest BCUT2D eigenvalue weighted by Crippen LogP contribution is -2.34. The molecule has 1 aliphatic heterocycles. The number of amidine groups is 1. The summed E-state index contributed by atoms with van der Waals surface area (Å²) >= 11 is 0. The fraction of sp³-hybridized carbons (Fsp3) is 0.292. The smallest absolute Gasteiger partial charge is 0.328 e. The highest BCUT2D eigenvalue weighted by molar-refractivity contribution is 5.99. The zero-order valence-corrected chi connectivity index (χ0v) is 18.3. The second kappa shape index (κ2) is 12.3. The minimum Gasteiger partial charge on any atom is -0.491 e. The van der Waals surface area contributed by atoms with Crippen molar-refractivity contribution in [1.82, 2.24) is 5.01 Å². The average molecular weight is 440 g/mol. The molecule has 0 aliphatic carbocycles. The Morgan fingerprint density at radius 3 is 2.03 bits per heavy atom. The van der Waals surface area contributed by atoms with E-state index in [1.807, 2.05) is 0 Å². The van der Waals surface area contributed by atoms with Crippen molar-refractivity contribution in [3.63, 3.8) is 0 Å². The van der Waals surface area contributed by atoms with Crippen molar-refractivity contribution in [1.29, 1.82) is 0 Å². The summed E-state index contributed by atoms with van der Waals surface area (Å²) in [6.07, 6.45) is 3.29. The van der Waals surface area contributed by atoms with E-state index in [1.54, 1.807) is 5.01 Å². The van der Waals surface area contributed by atoms with Gasteiger partial charge in [0, 0.05) is 17.7 Å². The molecule has 0 fully saturated rings. The molecule has 0 spiro atoms. The molecular weight excluding hydrogens is 410 g/mol. The van der Waals surface area contributed by atoms with E-state index in [1.165, 1.54) is 11.1 Å². The zero-order chi connectivity index (χ0) is 23.5. The van der Waals surface area contributed by atoms with E-state index in [9.17, 15) is 9.59 Å². The van der Waals surface area contributed by atoms with E-state index < -0.39 is 11.9 Å². The molecule has 2 aromatic rings. The molecule has 8 nitrogen and oxygen atoms in total. The number of hydrogen-bond acceptors (Lipinski definition) is 6. The molecule has 4 N–H and O–H groups in total. The van der Waals surface area contributed by atoms with E-state index in [0.717, 1.165) is 43.1 Å². The minimum atomic E-state index is -1.26. The van der Waals surface area contributed by atoms with Crippen LogP contribution in [0.4, 0.5) is 0 Å². The highest BCUT2D eigenvalue weighted by atomic mass is 16.5. The van der Waals surface area contributed by atoms with Crippen LogP contribution in [0, 0.1) is 0 Å². The summed E-state index contributed by atoms with van der Waals surface area (Å²) in [4.78, 5) is 23.6. The summed E-state index contributed by atoms with van der Waals surface area (Å²) in [5.74, 6) is 5.23. The maximum absolute atomic E-state index is 9.55. The SMILES string of the molecule is CC[C@H](C)Oc1ccc(Cc2ccc(C3=NCCN3N)cc2)cc1.O=C(O)/C=C\C(=O)O. The monoisotopic (exact) mass is 439 g/mol. The average Bonchev–Trinajstić information content (AvgIpc) is 3.20. The molecule has 32 heavy (non-hydrogen) atoms. The van der Waals surface area contributed by atoms with Crippen LogP contribution < -0.4 is 10.6 Å². The Hall–Kier alpha value is -3.65. The van der Waals surface area contributed by atoms with E-state index in [-0.39, 0.29) is 6.10 Å². The number of carboxylic acid groups (broad SMARTS) is 2. The van der Waals surface area contributed by atoms with Crippen molar-refractivity contribution in [2.45, 2.75) is 32.8 Å². The molecule has 0 radical (unpaired) electrons. The Bertz CT molecular complexity index is 937. The Morgan fingerprint density at radius 2 is 1.59 bits per heavy atom. The molecule has 0 amide bonds. The quantitative estimate of drug-likeness (QED) is 0.426. The predicted octanol–water partition coefficient (Wildman–Crippen LogP) is 3.10. The number of hydrogen-bond donors (Lipinski definition) is 3. The van der Waals surface area contributed by atoms with Crippen molar-refractivity contribution >= 4 is 17.8 Å². The van der Waals surface area contributed by atoms with Gasteiger partial charge in [0.2, 0.25) is 0 Å². The summed E-state index contributed by atoms with van der Waals surface area (Å²) in [5.41, 5.74) is 3.63. The first-order valence-corrected chi connectivity index (χ1v) is 10.3. The van der Waals surface area contributed by atoms with Gasteiger partial charge in [-0.05, 0) is 43.0 Å². The van der Waals surface area contributed by atoms with Crippen LogP contribution in [0.25, 0.3) is 0 Å². The Kier molecular flexibility index (Phi) is 9.43. The van der Waals surface area contributed by atoms with E-state index in [2.05, 4.69) is 67.4 Å². The van der Waals surface area contributed by atoms with E-state index >= 15 is 0 Å². The number of aliphatic imine (C=N–C) groups is 1. The van der Waals surface area contributed by atoms with Crippen LogP contribution in [-0.2, 0) is 16.0 Å². The molecular formula is C24H29N3O5. The van der Waals surface area contributed by atoms with Gasteiger partial charge in [0.05, 0.1) is 19.2 Å². The molecule has 0 bridgehead atoms. The van der Waals surface area contributed by atoms with Gasteiger partial charge in [0.15, 0.2) is 0 Å². The van der Waals surface area contributed by atoms with Crippen LogP contribution in [-0.4, -0.2) is 52.2 Å². The first-order chi connectivity index (χ1) is 15.3. The number of benzene rings is 2. The van der Waals surface area contributed by atoms with Gasteiger partial charge in [-0.15, -0.1) is 0 Å². The third-order valence-electron chi connectivity index (χ3n) is 4.70. The van der Waals surface area contributed by atoms with Crippen LogP contribution in [0.1, 0.15) is 37.0 Å². The summed E-state index contributed by atoms with van der Waals surface area (Å²) in [6.45, 7) is 5.79. The second-order valence-corrected chi connectivity index (χ2v) is 7.26. The van der Waals surface area contributed by atoms with Gasteiger partial charge in [-0.3, -0.25) is 10.0 Å². The van der Waals surface area contributed by atoms with E-state index in [4.69, 9.17) is 20.8 Å². The number of nitrogens with two attached hydrogens (primary N) is 1. The standard InChI is InChI=1S/C20H25N3O.C4H4O4/c1-3-15(2)24-19-10-6-17(7-11-19)14-16-4-8-18(9-5-16)20-22-12-13-23(20)21;5-3(6)1-2-4(7)8/h4-11,15H,3,12-14,21H2,1-2H3;1-2H,(H,5,6)(H,7,8)/b;2-1-/t15-;/m0./s1. The number of carboxylic acids is 2. The normalized spacial score (nSPS) is 13.8. The first kappa shape index (κ1) is 24.6. The first-order valence-electron chi connectivity index (χ1n) is 10.3. The van der Waals surface area contributed by atoms with Crippen LogP contribution in [0.15, 0.2) is 65.7 Å². The third-order valence-corrected chi connectivity index (χ3v) is 4.70. The summed E-state index contributed by atoms with van der Waals surface area (Å²) < 4.78 is 5.82. The molecule has 0 unspecified atom stereocenters. The van der Waals surface area contributed by atoms with Crippen molar-refractivity contribution in [3.8, 4) is 5.75 Å². The Labute approximate surface area is 187 Å². The summed E-state index contributed by atoms with van der Waals surface area (Å²) in [7, 11) is 0. The van der Waals surface area contributed by atoms with Gasteiger partial charge in [-0.2, -0.15) is 0 Å². The number of carbonyl (C=O) groups is 2. The highest BCUT2D eigenvalue weighted by Gasteiger charge is 2.14. The molecule has 170 valence electrons. The van der Waals surface area contributed by atoms with Gasteiger partial charge in [-0.1, -0.05) is 43.3 Å². The molecule has 2 aromatic carbocycles. The maximum Gasteiger partial charge on any atom is 0.328 e. The summed E-state index contributed by atoms with van der Waals surface area (Å²) in [5, 5.41) is 17.3. The Morgan fingerprint density at radius 1 is 1.06 bits per heavy atom. The van der Waals surface area contributed by atoms with Gasteiger partial charge < -0.3 is 14.9 Å². The van der Waals surface area contributed by atoms with Gasteiger partial charge in [-0.25, -0.2) is 15.4 Å². The maximum atomic E-state index is 9.55. The van der Waals surface area contributed by atoms with Crippen LogP contribution in [0.2, 0.25) is 0 Å². The zero-order valence-electron chi connectivity index (χ0n) is 18.3. The molecule has 0 saturated carbocycles. The molecule has 0 aromatic heterocycles. The van der Waals surface area contributed by atoms with Gasteiger partial charge in [0.25, 0.3) is 0 Å². The molecule has 1 aliphatic rings. The molecule has 1 atom stereocenters. The molecule has 8 heteroatoms. The number of rotatable bonds is 8. The predicted molar refractivity (Wildman–Crippen MR) is 123 cm³/mol. The fourth-order valence-corrected chi connectivity index (χ4v) is 2.87. The topological polar surface area (TPSA) is 125 Å². The van der Waals surface area contributed by atoms with Crippen molar-refractivity contribution in [2.75, 3.05) is 13.1 Å². The van der Waals surface area contributed by atoms with Crippen molar-refractivity contribution < 1.29 is 24.5 Å². The van der Waals surface area contributed by atoms with Crippen molar-refractivity contribution in [2.24, 2.45) is 10.8 Å².